The summed E-state index contributed by atoms with van der Waals surface area (Å²) in [5.41, 5.74) is 1.85. The molecule has 0 atom stereocenters. The molecule has 2 rings (SSSR count). The fourth-order valence-corrected chi connectivity index (χ4v) is 2.93. The predicted octanol–water partition coefficient (Wildman–Crippen LogP) is 4.33. The fraction of sp³-hybridized carbons (Fsp3) is 0.125. The zero-order valence-electron chi connectivity index (χ0n) is 11.8. The van der Waals surface area contributed by atoms with Crippen LogP contribution in [0.15, 0.2) is 41.3 Å². The van der Waals surface area contributed by atoms with Crippen molar-refractivity contribution in [1.29, 1.82) is 0 Å². The Kier molecular flexibility index (Phi) is 5.16. The van der Waals surface area contributed by atoms with Crippen LogP contribution < -0.4 is 5.32 Å². The molecule has 0 aromatic heterocycles. The van der Waals surface area contributed by atoms with Crippen molar-refractivity contribution in [2.75, 3.05) is 5.32 Å². The lowest BCUT2D eigenvalue weighted by molar-refractivity contribution is 0.111. The number of halogens is 1. The van der Waals surface area contributed by atoms with Crippen LogP contribution in [0.5, 0.6) is 0 Å². The van der Waals surface area contributed by atoms with Gasteiger partial charge in [-0.25, -0.2) is 9.18 Å². The minimum Gasteiger partial charge on any atom is -0.465 e. The largest absolute Gasteiger partial charge is 0.465 e. The van der Waals surface area contributed by atoms with Crippen molar-refractivity contribution in [3.05, 3.63) is 58.9 Å². The van der Waals surface area contributed by atoms with Crippen molar-refractivity contribution in [3.8, 4) is 0 Å². The lowest BCUT2D eigenvalue weighted by Gasteiger charge is -2.10. The second-order valence-corrected chi connectivity index (χ2v) is 5.62. The van der Waals surface area contributed by atoms with Gasteiger partial charge in [0.2, 0.25) is 0 Å². The van der Waals surface area contributed by atoms with Gasteiger partial charge in [-0.1, -0.05) is 24.3 Å². The zero-order valence-corrected chi connectivity index (χ0v) is 12.6. The zero-order chi connectivity index (χ0) is 16.1. The molecule has 2 aromatic carbocycles. The summed E-state index contributed by atoms with van der Waals surface area (Å²) in [5, 5.41) is 11.1. The molecular formula is C16H14FNO3S. The number of rotatable bonds is 5. The van der Waals surface area contributed by atoms with Crippen LogP contribution >= 0.6 is 11.8 Å². The van der Waals surface area contributed by atoms with Crippen LogP contribution in [-0.2, 0) is 5.75 Å². The maximum atomic E-state index is 14.2. The van der Waals surface area contributed by atoms with Crippen LogP contribution in [0.4, 0.5) is 14.9 Å². The first-order valence-corrected chi connectivity index (χ1v) is 7.46. The molecule has 6 heteroatoms. The highest BCUT2D eigenvalue weighted by molar-refractivity contribution is 7.98. The Labute approximate surface area is 131 Å². The van der Waals surface area contributed by atoms with Crippen LogP contribution in [0.1, 0.15) is 21.5 Å². The minimum atomic E-state index is -1.15. The molecule has 0 bridgehead atoms. The Morgan fingerprint density at radius 1 is 1.32 bits per heavy atom. The summed E-state index contributed by atoms with van der Waals surface area (Å²) in [6, 6.07) is 10.2. The van der Waals surface area contributed by atoms with E-state index in [2.05, 4.69) is 5.32 Å². The lowest BCUT2D eigenvalue weighted by atomic mass is 10.1. The third-order valence-electron chi connectivity index (χ3n) is 3.12. The molecule has 2 aromatic rings. The number of para-hydroxylation sites is 1. The number of aryl methyl sites for hydroxylation is 1. The number of nitrogens with one attached hydrogen (secondary N) is 1. The summed E-state index contributed by atoms with van der Waals surface area (Å²) < 4.78 is 14.2. The topological polar surface area (TPSA) is 66.4 Å². The van der Waals surface area contributed by atoms with Crippen molar-refractivity contribution >= 4 is 29.8 Å². The molecule has 4 nitrogen and oxygen atoms in total. The number of hydrogen-bond donors (Lipinski definition) is 2. The molecule has 0 aliphatic rings. The summed E-state index contributed by atoms with van der Waals surface area (Å²) in [4.78, 5) is 22.0. The van der Waals surface area contributed by atoms with Gasteiger partial charge in [0.25, 0.3) is 0 Å². The Bertz CT molecular complexity index is 719. The van der Waals surface area contributed by atoms with Crippen molar-refractivity contribution in [2.45, 2.75) is 17.6 Å². The van der Waals surface area contributed by atoms with Gasteiger partial charge in [0.1, 0.15) is 5.82 Å². The molecule has 0 fully saturated rings. The van der Waals surface area contributed by atoms with Crippen molar-refractivity contribution in [1.82, 2.24) is 0 Å². The van der Waals surface area contributed by atoms with Crippen LogP contribution in [0.25, 0.3) is 0 Å². The van der Waals surface area contributed by atoms with Crippen LogP contribution in [0.2, 0.25) is 0 Å². The summed E-state index contributed by atoms with van der Waals surface area (Å²) in [5.74, 6) is -0.155. The second kappa shape index (κ2) is 7.09. The summed E-state index contributed by atoms with van der Waals surface area (Å²) in [6.45, 7) is 1.67. The summed E-state index contributed by atoms with van der Waals surface area (Å²) in [7, 11) is 0. The maximum Gasteiger partial charge on any atom is 0.409 e. The number of amides is 1. The third kappa shape index (κ3) is 3.65. The van der Waals surface area contributed by atoms with E-state index in [4.69, 9.17) is 5.11 Å². The first-order chi connectivity index (χ1) is 10.5. The average Bonchev–Trinajstić information content (AvgIpc) is 2.48. The lowest BCUT2D eigenvalue weighted by Crippen LogP contribution is -2.08. The number of carbonyl (C=O) groups is 2. The van der Waals surface area contributed by atoms with Crippen LogP contribution in [0.3, 0.4) is 0 Å². The first-order valence-electron chi connectivity index (χ1n) is 6.48. The molecule has 0 heterocycles. The maximum absolute atomic E-state index is 14.2. The Hall–Kier alpha value is -2.34. The van der Waals surface area contributed by atoms with Gasteiger partial charge >= 0.3 is 6.09 Å². The van der Waals surface area contributed by atoms with Gasteiger partial charge < -0.3 is 5.11 Å². The highest BCUT2D eigenvalue weighted by Gasteiger charge is 2.12. The molecule has 0 saturated carbocycles. The normalized spacial score (nSPS) is 10.3. The second-order valence-electron chi connectivity index (χ2n) is 4.60. The number of carbonyl (C=O) groups excluding carboxylic acids is 1. The smallest absolute Gasteiger partial charge is 0.409 e. The predicted molar refractivity (Wildman–Crippen MR) is 84.2 cm³/mol. The van der Waals surface area contributed by atoms with Crippen LogP contribution in [-0.4, -0.2) is 17.5 Å². The first kappa shape index (κ1) is 16.0. The average molecular weight is 319 g/mol. The van der Waals surface area contributed by atoms with E-state index in [1.165, 1.54) is 11.8 Å². The molecule has 1 amide bonds. The van der Waals surface area contributed by atoms with Crippen molar-refractivity contribution in [3.63, 3.8) is 0 Å². The van der Waals surface area contributed by atoms with E-state index >= 15 is 0 Å². The van der Waals surface area contributed by atoms with Gasteiger partial charge in [0.15, 0.2) is 6.29 Å². The molecular weight excluding hydrogens is 305 g/mol. The monoisotopic (exact) mass is 319 g/mol. The van der Waals surface area contributed by atoms with E-state index in [1.54, 1.807) is 43.3 Å². The molecule has 22 heavy (non-hydrogen) atoms. The highest BCUT2D eigenvalue weighted by Crippen LogP contribution is 2.30. The Morgan fingerprint density at radius 2 is 2.05 bits per heavy atom. The molecule has 0 aliphatic carbocycles. The Balaban J connectivity index is 2.21. The standard InChI is InChI=1S/C16H14FNO3S/c1-10-6-7-14(15(17)12(10)8-19)22-9-11-4-2-3-5-13(11)18-16(20)21/h2-8,18H,9H2,1H3,(H,20,21). The van der Waals surface area contributed by atoms with Gasteiger partial charge in [-0.15, -0.1) is 11.8 Å². The quantitative estimate of drug-likeness (QED) is 0.636. The molecule has 0 aliphatic heterocycles. The number of benzene rings is 2. The van der Waals surface area contributed by atoms with Gasteiger partial charge in [-0.3, -0.25) is 10.1 Å². The molecule has 0 unspecified atom stereocenters. The van der Waals surface area contributed by atoms with E-state index in [-0.39, 0.29) is 5.56 Å². The molecule has 2 N–H and O–H groups in total. The van der Waals surface area contributed by atoms with Crippen molar-refractivity contribution < 1.29 is 19.1 Å². The van der Waals surface area contributed by atoms with E-state index in [9.17, 15) is 14.0 Å². The highest BCUT2D eigenvalue weighted by atomic mass is 32.2. The molecule has 114 valence electrons. The van der Waals surface area contributed by atoms with Crippen molar-refractivity contribution in [2.24, 2.45) is 0 Å². The molecule has 0 spiro atoms. The molecule has 0 radical (unpaired) electrons. The summed E-state index contributed by atoms with van der Waals surface area (Å²) >= 11 is 1.21. The number of carboxylic acid groups (broad SMARTS) is 1. The third-order valence-corrected chi connectivity index (χ3v) is 4.20. The number of anilines is 1. The molecule has 0 saturated heterocycles. The SMILES string of the molecule is Cc1ccc(SCc2ccccc2NC(=O)O)c(F)c1C=O. The van der Waals surface area contributed by atoms with Gasteiger partial charge in [0.05, 0.1) is 5.56 Å². The Morgan fingerprint density at radius 3 is 2.73 bits per heavy atom. The van der Waals surface area contributed by atoms with Gasteiger partial charge in [-0.2, -0.15) is 0 Å². The van der Waals surface area contributed by atoms with Gasteiger partial charge in [0, 0.05) is 16.3 Å². The number of aldehydes is 1. The van der Waals surface area contributed by atoms with Gasteiger partial charge in [-0.05, 0) is 30.2 Å². The van der Waals surface area contributed by atoms with Crippen LogP contribution in [0, 0.1) is 12.7 Å². The minimum absolute atomic E-state index is 0.0574. The van der Waals surface area contributed by atoms with E-state index in [0.717, 1.165) is 5.56 Å². The number of thioether (sulfide) groups is 1. The van der Waals surface area contributed by atoms with E-state index in [0.29, 0.717) is 28.2 Å². The van der Waals surface area contributed by atoms with E-state index in [1.807, 2.05) is 0 Å². The fourth-order valence-electron chi connectivity index (χ4n) is 1.96. The van der Waals surface area contributed by atoms with E-state index < -0.39 is 11.9 Å². The summed E-state index contributed by atoms with van der Waals surface area (Å²) in [6.07, 6.45) is -0.642. The number of hydrogen-bond acceptors (Lipinski definition) is 3.